The van der Waals surface area contributed by atoms with Gasteiger partial charge in [-0.15, -0.1) is 11.8 Å². The maximum atomic E-state index is 12.4. The lowest BCUT2D eigenvalue weighted by atomic mass is 9.93. The van der Waals surface area contributed by atoms with Crippen molar-refractivity contribution in [1.82, 2.24) is 10.2 Å². The Morgan fingerprint density at radius 2 is 1.96 bits per heavy atom. The summed E-state index contributed by atoms with van der Waals surface area (Å²) < 4.78 is 0. The summed E-state index contributed by atoms with van der Waals surface area (Å²) >= 11 is 1.60. The Morgan fingerprint density at radius 1 is 1.17 bits per heavy atom. The molecule has 1 N–H and O–H groups in total. The first-order chi connectivity index (χ1) is 11.7. The van der Waals surface area contributed by atoms with Gasteiger partial charge in [0.2, 0.25) is 11.8 Å². The average Bonchev–Trinajstić information content (AvgIpc) is 3.43. The van der Waals surface area contributed by atoms with Gasteiger partial charge in [0.15, 0.2) is 0 Å². The minimum Gasteiger partial charge on any atom is -0.353 e. The van der Waals surface area contributed by atoms with Crippen LogP contribution in [-0.4, -0.2) is 41.6 Å². The summed E-state index contributed by atoms with van der Waals surface area (Å²) in [5, 5.41) is 3.04. The van der Waals surface area contributed by atoms with Crippen LogP contribution in [0.3, 0.4) is 0 Å². The van der Waals surface area contributed by atoms with Crippen LogP contribution < -0.4 is 5.32 Å². The van der Waals surface area contributed by atoms with Gasteiger partial charge in [0.05, 0.1) is 5.75 Å². The maximum absolute atomic E-state index is 12.4. The Morgan fingerprint density at radius 3 is 2.71 bits per heavy atom. The summed E-state index contributed by atoms with van der Waals surface area (Å²) in [5.41, 5.74) is 0. The van der Waals surface area contributed by atoms with Gasteiger partial charge >= 0.3 is 0 Å². The van der Waals surface area contributed by atoms with Crippen LogP contribution in [0.5, 0.6) is 0 Å². The zero-order valence-electron chi connectivity index (χ0n) is 14.1. The molecular formula is C19H26N2O2S. The van der Waals surface area contributed by atoms with E-state index in [2.05, 4.69) is 5.32 Å². The fourth-order valence-electron chi connectivity index (χ4n) is 3.14. The molecule has 1 aromatic carbocycles. The molecule has 0 unspecified atom stereocenters. The number of amides is 2. The largest absolute Gasteiger partial charge is 0.353 e. The fraction of sp³-hybridized carbons (Fsp3) is 0.579. The van der Waals surface area contributed by atoms with E-state index in [1.807, 2.05) is 35.2 Å². The summed E-state index contributed by atoms with van der Waals surface area (Å²) in [6.45, 7) is 1.67. The molecule has 1 saturated heterocycles. The molecule has 1 aliphatic carbocycles. The zero-order valence-corrected chi connectivity index (χ0v) is 14.9. The van der Waals surface area contributed by atoms with E-state index < -0.39 is 0 Å². The second-order valence-electron chi connectivity index (χ2n) is 6.83. The highest BCUT2D eigenvalue weighted by atomic mass is 32.2. The number of nitrogens with zero attached hydrogens (tertiary/aromatic N) is 1. The molecule has 1 saturated carbocycles. The van der Waals surface area contributed by atoms with Crippen LogP contribution in [-0.2, 0) is 9.59 Å². The molecule has 4 nitrogen and oxygen atoms in total. The topological polar surface area (TPSA) is 49.4 Å². The van der Waals surface area contributed by atoms with Crippen LogP contribution >= 0.6 is 11.8 Å². The highest BCUT2D eigenvalue weighted by Gasteiger charge is 2.26. The number of benzene rings is 1. The first-order valence-corrected chi connectivity index (χ1v) is 9.94. The van der Waals surface area contributed by atoms with Crippen molar-refractivity contribution in [1.29, 1.82) is 0 Å². The van der Waals surface area contributed by atoms with Crippen molar-refractivity contribution in [2.45, 2.75) is 49.5 Å². The summed E-state index contributed by atoms with van der Waals surface area (Å²) in [4.78, 5) is 27.4. The number of rotatable bonds is 7. The molecule has 1 heterocycles. The Hall–Kier alpha value is -1.49. The molecule has 130 valence electrons. The second kappa shape index (κ2) is 8.56. The summed E-state index contributed by atoms with van der Waals surface area (Å²) in [6.07, 6.45) is 5.95. The van der Waals surface area contributed by atoms with E-state index in [9.17, 15) is 9.59 Å². The minimum absolute atomic E-state index is 0.181. The van der Waals surface area contributed by atoms with Crippen LogP contribution in [0.1, 0.15) is 38.5 Å². The maximum Gasteiger partial charge on any atom is 0.232 e. The second-order valence-corrected chi connectivity index (χ2v) is 7.88. The average molecular weight is 346 g/mol. The standard InChI is InChI=1S/C19H26N2O2S/c22-18(20-16-9-10-16)11-8-15-5-4-12-21(13-15)19(23)14-24-17-6-2-1-3-7-17/h1-3,6-7,15-16H,4-5,8-14H2,(H,20,22)/t15-/m1/s1. The summed E-state index contributed by atoms with van der Waals surface area (Å²) in [5.74, 6) is 1.37. The molecule has 24 heavy (non-hydrogen) atoms. The van der Waals surface area contributed by atoms with Gasteiger partial charge in [-0.25, -0.2) is 0 Å². The van der Waals surface area contributed by atoms with E-state index in [-0.39, 0.29) is 11.8 Å². The molecule has 1 atom stereocenters. The highest BCUT2D eigenvalue weighted by Crippen LogP contribution is 2.24. The number of hydrogen-bond donors (Lipinski definition) is 1. The lowest BCUT2D eigenvalue weighted by Crippen LogP contribution is -2.41. The monoisotopic (exact) mass is 346 g/mol. The fourth-order valence-corrected chi connectivity index (χ4v) is 3.97. The first-order valence-electron chi connectivity index (χ1n) is 8.95. The van der Waals surface area contributed by atoms with Gasteiger partial charge in [-0.3, -0.25) is 9.59 Å². The van der Waals surface area contributed by atoms with Crippen molar-refractivity contribution in [2.75, 3.05) is 18.8 Å². The molecule has 0 aromatic heterocycles. The summed E-state index contributed by atoms with van der Waals surface area (Å²) in [7, 11) is 0. The molecule has 5 heteroatoms. The predicted molar refractivity (Wildman–Crippen MR) is 96.9 cm³/mol. The molecule has 1 aromatic rings. The van der Waals surface area contributed by atoms with E-state index >= 15 is 0 Å². The van der Waals surface area contributed by atoms with Crippen LogP contribution in [0.15, 0.2) is 35.2 Å². The third-order valence-electron chi connectivity index (χ3n) is 4.70. The number of thioether (sulfide) groups is 1. The molecule has 2 amide bonds. The minimum atomic E-state index is 0.181. The van der Waals surface area contributed by atoms with Gasteiger partial charge < -0.3 is 10.2 Å². The molecule has 0 radical (unpaired) electrons. The first kappa shape index (κ1) is 17.3. The molecule has 0 spiro atoms. The Balaban J connectivity index is 1.39. The number of carbonyl (C=O) groups is 2. The third-order valence-corrected chi connectivity index (χ3v) is 5.70. The number of carbonyl (C=O) groups excluding carboxylic acids is 2. The van der Waals surface area contributed by atoms with Crippen LogP contribution in [0.25, 0.3) is 0 Å². The van der Waals surface area contributed by atoms with E-state index in [4.69, 9.17) is 0 Å². The van der Waals surface area contributed by atoms with Gasteiger partial charge in [0, 0.05) is 30.4 Å². The SMILES string of the molecule is O=C(CC[C@H]1CCCN(C(=O)CSc2ccccc2)C1)NC1CC1. The van der Waals surface area contributed by atoms with Gasteiger partial charge in [-0.05, 0) is 50.2 Å². The smallest absolute Gasteiger partial charge is 0.232 e. The van der Waals surface area contributed by atoms with E-state index in [1.165, 1.54) is 0 Å². The molecular weight excluding hydrogens is 320 g/mol. The number of hydrogen-bond acceptors (Lipinski definition) is 3. The van der Waals surface area contributed by atoms with Crippen molar-refractivity contribution in [3.05, 3.63) is 30.3 Å². The van der Waals surface area contributed by atoms with Gasteiger partial charge in [-0.2, -0.15) is 0 Å². The summed E-state index contributed by atoms with van der Waals surface area (Å²) in [6, 6.07) is 10.5. The van der Waals surface area contributed by atoms with E-state index in [0.29, 0.717) is 24.1 Å². The zero-order chi connectivity index (χ0) is 16.8. The normalized spacial score (nSPS) is 20.7. The van der Waals surface area contributed by atoms with Crippen molar-refractivity contribution in [3.8, 4) is 0 Å². The third kappa shape index (κ3) is 5.55. The van der Waals surface area contributed by atoms with Gasteiger partial charge in [-0.1, -0.05) is 18.2 Å². The molecule has 2 aliphatic rings. The lowest BCUT2D eigenvalue weighted by molar-refractivity contribution is -0.130. The van der Waals surface area contributed by atoms with E-state index in [0.717, 1.165) is 50.1 Å². The van der Waals surface area contributed by atoms with Crippen molar-refractivity contribution >= 4 is 23.6 Å². The van der Waals surface area contributed by atoms with Gasteiger partial charge in [0.25, 0.3) is 0 Å². The number of piperidine rings is 1. The van der Waals surface area contributed by atoms with Crippen LogP contribution in [0.4, 0.5) is 0 Å². The number of nitrogens with one attached hydrogen (secondary N) is 1. The van der Waals surface area contributed by atoms with Crippen LogP contribution in [0, 0.1) is 5.92 Å². The van der Waals surface area contributed by atoms with Crippen LogP contribution in [0.2, 0.25) is 0 Å². The van der Waals surface area contributed by atoms with E-state index in [1.54, 1.807) is 11.8 Å². The Labute approximate surface area is 148 Å². The Kier molecular flexibility index (Phi) is 6.18. The quantitative estimate of drug-likeness (QED) is 0.772. The highest BCUT2D eigenvalue weighted by molar-refractivity contribution is 8.00. The van der Waals surface area contributed by atoms with Crippen molar-refractivity contribution < 1.29 is 9.59 Å². The lowest BCUT2D eigenvalue weighted by Gasteiger charge is -2.32. The molecule has 0 bridgehead atoms. The molecule has 3 rings (SSSR count). The number of likely N-dealkylation sites (tertiary alicyclic amines) is 1. The molecule has 2 fully saturated rings. The Bertz CT molecular complexity index is 560. The van der Waals surface area contributed by atoms with Crippen molar-refractivity contribution in [3.63, 3.8) is 0 Å². The van der Waals surface area contributed by atoms with Gasteiger partial charge in [0.1, 0.15) is 0 Å². The van der Waals surface area contributed by atoms with Crippen molar-refractivity contribution in [2.24, 2.45) is 5.92 Å². The predicted octanol–water partition coefficient (Wildman–Crippen LogP) is 3.08. The molecule has 1 aliphatic heterocycles.